The van der Waals surface area contributed by atoms with Crippen molar-refractivity contribution >= 4 is 46.2 Å². The number of halogens is 1. The number of hydrogen-bond donors (Lipinski definition) is 1. The highest BCUT2D eigenvalue weighted by molar-refractivity contribution is 14.1. The van der Waals surface area contributed by atoms with Gasteiger partial charge in [-0.2, -0.15) is 0 Å². The number of anilines is 1. The summed E-state index contributed by atoms with van der Waals surface area (Å²) in [6.07, 6.45) is 1.56. The highest BCUT2D eigenvalue weighted by atomic mass is 127. The van der Waals surface area contributed by atoms with E-state index in [0.29, 0.717) is 22.7 Å². The van der Waals surface area contributed by atoms with Crippen molar-refractivity contribution in [3.05, 3.63) is 57.2 Å². The van der Waals surface area contributed by atoms with Crippen molar-refractivity contribution in [2.45, 2.75) is 26.4 Å². The minimum absolute atomic E-state index is 0.0613. The Labute approximate surface area is 177 Å². The lowest BCUT2D eigenvalue weighted by molar-refractivity contribution is -0.117. The largest absolute Gasteiger partial charge is 0.493 e. The molecule has 0 bridgehead atoms. The molecule has 0 saturated carbocycles. The van der Waals surface area contributed by atoms with Crippen LogP contribution in [0.25, 0.3) is 6.08 Å². The van der Waals surface area contributed by atoms with Crippen LogP contribution in [0.2, 0.25) is 0 Å². The molecular formula is C21H21IN2O4. The number of amides is 2. The van der Waals surface area contributed by atoms with Gasteiger partial charge in [-0.05, 0) is 79.3 Å². The smallest absolute Gasteiger partial charge is 0.282 e. The molecule has 7 heteroatoms. The Morgan fingerprint density at radius 2 is 1.79 bits per heavy atom. The number of hydrazine groups is 1. The molecule has 0 atom stereocenters. The van der Waals surface area contributed by atoms with E-state index in [0.717, 1.165) is 3.57 Å². The van der Waals surface area contributed by atoms with Crippen LogP contribution in [0.1, 0.15) is 26.3 Å². The predicted octanol–water partition coefficient (Wildman–Crippen LogP) is 3.94. The zero-order valence-corrected chi connectivity index (χ0v) is 18.2. The fourth-order valence-electron chi connectivity index (χ4n) is 2.71. The number of nitrogens with one attached hydrogen (secondary N) is 1. The van der Waals surface area contributed by atoms with Gasteiger partial charge in [0.15, 0.2) is 11.5 Å². The van der Waals surface area contributed by atoms with E-state index in [4.69, 9.17) is 9.47 Å². The summed E-state index contributed by atoms with van der Waals surface area (Å²) in [7, 11) is 1.56. The molecule has 0 spiro atoms. The molecule has 1 fully saturated rings. The van der Waals surface area contributed by atoms with Gasteiger partial charge in [-0.3, -0.25) is 15.0 Å². The highest BCUT2D eigenvalue weighted by Gasteiger charge is 2.34. The molecule has 1 aliphatic heterocycles. The molecule has 1 N–H and O–H groups in total. The van der Waals surface area contributed by atoms with E-state index in [-0.39, 0.29) is 11.2 Å². The molecular weight excluding hydrogens is 471 g/mol. The summed E-state index contributed by atoms with van der Waals surface area (Å²) in [5.41, 5.74) is 3.55. The van der Waals surface area contributed by atoms with Gasteiger partial charge in [0.05, 0.1) is 16.4 Å². The first kappa shape index (κ1) is 20.2. The topological polar surface area (TPSA) is 67.9 Å². The quantitative estimate of drug-likeness (QED) is 0.399. The van der Waals surface area contributed by atoms with Gasteiger partial charge in [0.25, 0.3) is 11.8 Å². The molecule has 0 unspecified atom stereocenters. The molecule has 6 nitrogen and oxygen atoms in total. The van der Waals surface area contributed by atoms with Crippen molar-refractivity contribution in [2.24, 2.45) is 0 Å². The number of carbonyl (C=O) groups is 2. The van der Waals surface area contributed by atoms with Gasteiger partial charge in [-0.15, -0.1) is 0 Å². The van der Waals surface area contributed by atoms with Crippen molar-refractivity contribution in [3.8, 4) is 11.5 Å². The molecule has 3 rings (SSSR count). The van der Waals surface area contributed by atoms with E-state index in [1.807, 2.05) is 32.9 Å². The third-order valence-corrected chi connectivity index (χ3v) is 4.68. The third-order valence-electron chi connectivity index (χ3n) is 3.88. The number of para-hydroxylation sites is 1. The Hall–Kier alpha value is -2.55. The molecule has 2 amide bonds. The lowest BCUT2D eigenvalue weighted by atomic mass is 10.1. The van der Waals surface area contributed by atoms with E-state index in [9.17, 15) is 9.59 Å². The molecule has 1 aliphatic rings. The van der Waals surface area contributed by atoms with E-state index >= 15 is 0 Å². The summed E-state index contributed by atoms with van der Waals surface area (Å²) < 4.78 is 12.3. The molecule has 0 aliphatic carbocycles. The lowest BCUT2D eigenvalue weighted by Gasteiger charge is -2.24. The molecule has 0 aromatic heterocycles. The Bertz CT molecular complexity index is 949. The van der Waals surface area contributed by atoms with Gasteiger partial charge in [-0.25, -0.2) is 5.01 Å². The van der Waals surface area contributed by atoms with Crippen molar-refractivity contribution in [1.82, 2.24) is 5.43 Å². The monoisotopic (exact) mass is 492 g/mol. The number of benzene rings is 2. The maximum atomic E-state index is 12.7. The molecule has 1 saturated heterocycles. The van der Waals surface area contributed by atoms with Crippen molar-refractivity contribution in [3.63, 3.8) is 0 Å². The van der Waals surface area contributed by atoms with Gasteiger partial charge in [0.1, 0.15) is 11.2 Å². The predicted molar refractivity (Wildman–Crippen MR) is 116 cm³/mol. The van der Waals surface area contributed by atoms with Gasteiger partial charge in [-0.1, -0.05) is 18.2 Å². The fourth-order valence-corrected chi connectivity index (χ4v) is 3.45. The Morgan fingerprint density at radius 1 is 1.11 bits per heavy atom. The Kier molecular flexibility index (Phi) is 5.64. The number of carbonyl (C=O) groups excluding carboxylic acids is 2. The number of hydrogen-bond acceptors (Lipinski definition) is 4. The first-order chi connectivity index (χ1) is 13.2. The molecule has 2 aromatic carbocycles. The van der Waals surface area contributed by atoms with Crippen molar-refractivity contribution in [1.29, 1.82) is 0 Å². The maximum Gasteiger partial charge on any atom is 0.282 e. The number of rotatable bonds is 4. The zero-order valence-electron chi connectivity index (χ0n) is 16.1. The van der Waals surface area contributed by atoms with Crippen LogP contribution in [0.4, 0.5) is 5.69 Å². The summed E-state index contributed by atoms with van der Waals surface area (Å²) >= 11 is 2.16. The van der Waals surface area contributed by atoms with Crippen LogP contribution in [0.5, 0.6) is 11.5 Å². The van der Waals surface area contributed by atoms with Gasteiger partial charge in [0, 0.05) is 0 Å². The molecule has 28 heavy (non-hydrogen) atoms. The van der Waals surface area contributed by atoms with Crippen LogP contribution in [-0.4, -0.2) is 24.5 Å². The number of nitrogens with zero attached hydrogens (tertiary/aromatic N) is 1. The summed E-state index contributed by atoms with van der Waals surface area (Å²) in [5, 5.41) is 1.24. The van der Waals surface area contributed by atoms with Crippen LogP contribution >= 0.6 is 22.6 Å². The molecule has 1 heterocycles. The normalized spacial score (nSPS) is 15.8. The van der Waals surface area contributed by atoms with Crippen LogP contribution in [-0.2, 0) is 9.59 Å². The van der Waals surface area contributed by atoms with E-state index in [1.54, 1.807) is 43.5 Å². The average Bonchev–Trinajstić information content (AvgIpc) is 2.91. The fraction of sp³-hybridized carbons (Fsp3) is 0.238. The minimum Gasteiger partial charge on any atom is -0.493 e. The Morgan fingerprint density at radius 3 is 2.39 bits per heavy atom. The maximum absolute atomic E-state index is 12.7. The minimum atomic E-state index is -0.446. The van der Waals surface area contributed by atoms with Gasteiger partial charge < -0.3 is 9.47 Å². The summed E-state index contributed by atoms with van der Waals surface area (Å²) in [4.78, 5) is 25.1. The zero-order chi connectivity index (χ0) is 20.5. The van der Waals surface area contributed by atoms with Crippen molar-refractivity contribution < 1.29 is 19.1 Å². The average molecular weight is 492 g/mol. The molecule has 2 aromatic rings. The van der Waals surface area contributed by atoms with E-state index < -0.39 is 11.8 Å². The van der Waals surface area contributed by atoms with Gasteiger partial charge in [0.2, 0.25) is 0 Å². The first-order valence-corrected chi connectivity index (χ1v) is 9.76. The standard InChI is InChI=1S/C21H21IN2O4/c1-21(2,3)28-18-16(22)11-13(12-17(18)27-4)10-15-19(25)23-24(20(15)26)14-8-6-5-7-9-14/h5-12H,1-4H3,(H,23,25). The van der Waals surface area contributed by atoms with Crippen LogP contribution in [0, 0.1) is 3.57 Å². The van der Waals surface area contributed by atoms with Crippen LogP contribution in [0.15, 0.2) is 48.0 Å². The van der Waals surface area contributed by atoms with Crippen molar-refractivity contribution in [2.75, 3.05) is 12.1 Å². The first-order valence-electron chi connectivity index (χ1n) is 8.68. The SMILES string of the molecule is COc1cc(C=C2C(=O)NN(c3ccccc3)C2=O)cc(I)c1OC(C)(C)C. The van der Waals surface area contributed by atoms with E-state index in [1.165, 1.54) is 5.01 Å². The molecule has 0 radical (unpaired) electrons. The molecule has 146 valence electrons. The number of ether oxygens (including phenoxy) is 2. The van der Waals surface area contributed by atoms with Crippen LogP contribution < -0.4 is 19.9 Å². The Balaban J connectivity index is 1.96. The summed E-state index contributed by atoms with van der Waals surface area (Å²) in [5.74, 6) is 0.323. The summed E-state index contributed by atoms with van der Waals surface area (Å²) in [6, 6.07) is 12.6. The van der Waals surface area contributed by atoms with Gasteiger partial charge >= 0.3 is 0 Å². The van der Waals surface area contributed by atoms with E-state index in [2.05, 4.69) is 28.0 Å². The second-order valence-electron chi connectivity index (χ2n) is 7.22. The number of methoxy groups -OCH3 is 1. The second-order valence-corrected chi connectivity index (χ2v) is 8.39. The highest BCUT2D eigenvalue weighted by Crippen LogP contribution is 2.37. The summed E-state index contributed by atoms with van der Waals surface area (Å²) in [6.45, 7) is 5.87. The lowest BCUT2D eigenvalue weighted by Crippen LogP contribution is -2.35. The third kappa shape index (κ3) is 4.30. The second kappa shape index (κ2) is 7.83. The van der Waals surface area contributed by atoms with Crippen LogP contribution in [0.3, 0.4) is 0 Å².